The normalized spacial score (nSPS) is 15.4. The number of hydrogen-bond acceptors (Lipinski definition) is 5. The van der Waals surface area contributed by atoms with Crippen LogP contribution < -0.4 is 5.32 Å². The first-order valence-electron chi connectivity index (χ1n) is 12.4. The number of carbonyl (C=O) groups is 1. The Hall–Kier alpha value is -1.53. The molecule has 8 heteroatoms. The molecule has 2 rings (SSSR count). The molecule has 7 nitrogen and oxygen atoms in total. The lowest BCUT2D eigenvalue weighted by Gasteiger charge is -2.30. The van der Waals surface area contributed by atoms with E-state index in [4.69, 9.17) is 4.74 Å². The molecule has 0 unspecified atom stereocenters. The minimum absolute atomic E-state index is 0.0591. The van der Waals surface area contributed by atoms with Crippen LogP contribution in [0, 0.1) is 0 Å². The van der Waals surface area contributed by atoms with Crippen molar-refractivity contribution >= 4 is 19.3 Å². The van der Waals surface area contributed by atoms with Crippen LogP contribution in [0.15, 0.2) is 30.6 Å². The van der Waals surface area contributed by atoms with Crippen LogP contribution >= 0.6 is 7.29 Å². The van der Waals surface area contributed by atoms with E-state index in [1.165, 1.54) is 19.3 Å². The van der Waals surface area contributed by atoms with Crippen molar-refractivity contribution in [1.29, 1.82) is 0 Å². The first kappa shape index (κ1) is 27.7. The minimum atomic E-state index is -2.21. The highest BCUT2D eigenvalue weighted by Crippen LogP contribution is 2.41. The van der Waals surface area contributed by atoms with E-state index in [1.807, 2.05) is 25.5 Å². The van der Waals surface area contributed by atoms with Crippen LogP contribution in [0.1, 0.15) is 50.5 Å². The van der Waals surface area contributed by atoms with Gasteiger partial charge in [0.1, 0.15) is 7.29 Å². The van der Waals surface area contributed by atoms with Crippen molar-refractivity contribution in [3.63, 3.8) is 0 Å². The maximum atomic E-state index is 12.7. The molecule has 0 bridgehead atoms. The van der Waals surface area contributed by atoms with E-state index >= 15 is 0 Å². The first-order chi connectivity index (χ1) is 15.9. The Morgan fingerprint density at radius 1 is 1.12 bits per heavy atom. The molecule has 1 N–H and O–H groups in total. The summed E-state index contributed by atoms with van der Waals surface area (Å²) in [4.78, 5) is 18.3. The fourth-order valence-electron chi connectivity index (χ4n) is 3.94. The molecule has 186 valence electrons. The SMILES string of the molecule is CP(C)(=O)N(CCCCCCCCNC(=O)/C=C/c1cccnc1)CCCN1CCOCC1. The summed E-state index contributed by atoms with van der Waals surface area (Å²) in [6.45, 7) is 11.1. The van der Waals surface area contributed by atoms with Crippen molar-refractivity contribution < 1.29 is 14.1 Å². The summed E-state index contributed by atoms with van der Waals surface area (Å²) in [5, 5.41) is 2.94. The van der Waals surface area contributed by atoms with E-state index in [9.17, 15) is 9.36 Å². The van der Waals surface area contributed by atoms with Crippen molar-refractivity contribution in [3.8, 4) is 0 Å². The van der Waals surface area contributed by atoms with Crippen LogP contribution in [0.3, 0.4) is 0 Å². The second-order valence-electron chi connectivity index (χ2n) is 9.09. The molecule has 1 aliphatic heterocycles. The van der Waals surface area contributed by atoms with Gasteiger partial charge in [-0.05, 0) is 43.5 Å². The first-order valence-corrected chi connectivity index (χ1v) is 15.0. The molecule has 1 amide bonds. The Bertz CT molecular complexity index is 732. The minimum Gasteiger partial charge on any atom is -0.379 e. The van der Waals surface area contributed by atoms with E-state index in [-0.39, 0.29) is 5.91 Å². The van der Waals surface area contributed by atoms with Gasteiger partial charge in [0, 0.05) is 64.5 Å². The summed E-state index contributed by atoms with van der Waals surface area (Å²) in [7, 11) is -2.21. The number of morpholine rings is 1. The smallest absolute Gasteiger partial charge is 0.243 e. The van der Waals surface area contributed by atoms with E-state index in [0.717, 1.165) is 77.2 Å². The van der Waals surface area contributed by atoms with Crippen molar-refractivity contribution in [2.45, 2.75) is 44.9 Å². The number of nitrogens with one attached hydrogen (secondary N) is 1. The van der Waals surface area contributed by atoms with Crippen LogP contribution in [0.5, 0.6) is 0 Å². The Kier molecular flexibility index (Phi) is 13.6. The number of hydrogen-bond donors (Lipinski definition) is 1. The molecule has 1 fully saturated rings. The predicted molar refractivity (Wildman–Crippen MR) is 137 cm³/mol. The van der Waals surface area contributed by atoms with Gasteiger partial charge in [-0.15, -0.1) is 0 Å². The predicted octanol–water partition coefficient (Wildman–Crippen LogP) is 4.11. The molecule has 1 aromatic heterocycles. The summed E-state index contributed by atoms with van der Waals surface area (Å²) in [6.07, 6.45) is 14.6. The van der Waals surface area contributed by atoms with Gasteiger partial charge in [0.15, 0.2) is 0 Å². The standard InChI is InChI=1S/C25H43N4O3P/c1-33(2,31)29(18-10-16-28-19-21-32-22-20-28)17-8-6-4-3-5-7-15-27-25(30)13-12-24-11-9-14-26-23-24/h9,11-14,23H,3-8,10,15-22H2,1-2H3,(H,27,30)/b13-12+. The molecule has 0 aliphatic carbocycles. The van der Waals surface area contributed by atoms with Gasteiger partial charge in [0.2, 0.25) is 5.91 Å². The maximum absolute atomic E-state index is 12.7. The molecular weight excluding hydrogens is 435 g/mol. The number of aromatic nitrogens is 1. The van der Waals surface area contributed by atoms with Crippen LogP contribution in [-0.2, 0) is 14.1 Å². The van der Waals surface area contributed by atoms with Gasteiger partial charge >= 0.3 is 0 Å². The molecule has 0 spiro atoms. The third kappa shape index (κ3) is 13.1. The van der Waals surface area contributed by atoms with Gasteiger partial charge in [-0.3, -0.25) is 19.3 Å². The van der Waals surface area contributed by atoms with Crippen LogP contribution in [0.25, 0.3) is 6.08 Å². The molecule has 2 heterocycles. The third-order valence-corrected chi connectivity index (χ3v) is 7.69. The van der Waals surface area contributed by atoms with Crippen molar-refractivity contribution in [3.05, 3.63) is 36.2 Å². The topological polar surface area (TPSA) is 74.8 Å². The van der Waals surface area contributed by atoms with Gasteiger partial charge in [-0.2, -0.15) is 0 Å². The molecule has 1 saturated heterocycles. The number of ether oxygens (including phenoxy) is 1. The van der Waals surface area contributed by atoms with Gasteiger partial charge in [-0.25, -0.2) is 0 Å². The highest BCUT2D eigenvalue weighted by molar-refractivity contribution is 7.59. The molecule has 0 aromatic carbocycles. The summed E-state index contributed by atoms with van der Waals surface area (Å²) < 4.78 is 20.3. The van der Waals surface area contributed by atoms with Crippen LogP contribution in [-0.4, -0.2) is 86.3 Å². The molecule has 1 aromatic rings. The Labute approximate surface area is 200 Å². The quantitative estimate of drug-likeness (QED) is 0.219. The zero-order valence-electron chi connectivity index (χ0n) is 20.6. The number of unbranched alkanes of at least 4 members (excludes halogenated alkanes) is 5. The molecule has 0 radical (unpaired) electrons. The molecular formula is C25H43N4O3P. The van der Waals surface area contributed by atoms with Gasteiger partial charge in [0.25, 0.3) is 0 Å². The largest absolute Gasteiger partial charge is 0.379 e. The number of rotatable bonds is 16. The Morgan fingerprint density at radius 2 is 1.82 bits per heavy atom. The van der Waals surface area contributed by atoms with Crippen molar-refractivity contribution in [2.24, 2.45) is 0 Å². The van der Waals surface area contributed by atoms with Crippen LogP contribution in [0.4, 0.5) is 0 Å². The number of nitrogens with zero attached hydrogens (tertiary/aromatic N) is 3. The second kappa shape index (κ2) is 16.2. The fourth-order valence-corrected chi connectivity index (χ4v) is 5.18. The highest BCUT2D eigenvalue weighted by Gasteiger charge is 2.19. The van der Waals surface area contributed by atoms with E-state index in [1.54, 1.807) is 24.5 Å². The monoisotopic (exact) mass is 478 g/mol. The summed E-state index contributed by atoms with van der Waals surface area (Å²) in [5.74, 6) is -0.0591. The van der Waals surface area contributed by atoms with Crippen LogP contribution in [0.2, 0.25) is 0 Å². The fraction of sp³-hybridized carbons (Fsp3) is 0.680. The highest BCUT2D eigenvalue weighted by atomic mass is 31.2. The van der Waals surface area contributed by atoms with Crippen molar-refractivity contribution in [1.82, 2.24) is 19.9 Å². The second-order valence-corrected chi connectivity index (χ2v) is 12.2. The lowest BCUT2D eigenvalue weighted by Crippen LogP contribution is -2.38. The van der Waals surface area contributed by atoms with Gasteiger partial charge in [0.05, 0.1) is 13.2 Å². The lowest BCUT2D eigenvalue weighted by molar-refractivity contribution is -0.116. The summed E-state index contributed by atoms with van der Waals surface area (Å²) in [5.41, 5.74) is 0.922. The summed E-state index contributed by atoms with van der Waals surface area (Å²) >= 11 is 0. The average molecular weight is 479 g/mol. The Balaban J connectivity index is 1.47. The lowest BCUT2D eigenvalue weighted by atomic mass is 10.1. The maximum Gasteiger partial charge on any atom is 0.243 e. The zero-order chi connectivity index (χ0) is 23.8. The van der Waals surface area contributed by atoms with Crippen molar-refractivity contribution in [2.75, 3.05) is 65.8 Å². The molecule has 0 atom stereocenters. The van der Waals surface area contributed by atoms with Gasteiger partial charge < -0.3 is 14.6 Å². The average Bonchev–Trinajstić information content (AvgIpc) is 2.81. The van der Waals surface area contributed by atoms with E-state index < -0.39 is 7.29 Å². The number of pyridine rings is 1. The number of amides is 1. The molecule has 0 saturated carbocycles. The van der Waals surface area contributed by atoms with E-state index in [2.05, 4.69) is 19.9 Å². The van der Waals surface area contributed by atoms with Gasteiger partial charge in [-0.1, -0.05) is 31.7 Å². The summed E-state index contributed by atoms with van der Waals surface area (Å²) in [6, 6.07) is 3.77. The molecule has 1 aliphatic rings. The molecule has 33 heavy (non-hydrogen) atoms. The number of carbonyl (C=O) groups excluding carboxylic acids is 1. The van der Waals surface area contributed by atoms with E-state index in [0.29, 0.717) is 6.54 Å². The third-order valence-electron chi connectivity index (χ3n) is 5.93. The Morgan fingerprint density at radius 3 is 2.52 bits per heavy atom. The zero-order valence-corrected chi connectivity index (χ0v) is 21.5.